The van der Waals surface area contributed by atoms with Gasteiger partial charge in [0.1, 0.15) is 11.5 Å². The van der Waals surface area contributed by atoms with Crippen molar-refractivity contribution in [2.45, 2.75) is 6.10 Å². The van der Waals surface area contributed by atoms with Crippen LogP contribution in [0.1, 0.15) is 32.4 Å². The van der Waals surface area contributed by atoms with E-state index in [4.69, 9.17) is 9.47 Å². The normalized spacial score (nSPS) is 11.6. The van der Waals surface area contributed by atoms with Crippen LogP contribution in [0.4, 0.5) is 0 Å². The van der Waals surface area contributed by atoms with Gasteiger partial charge in [0.25, 0.3) is 0 Å². The number of ether oxygens (including phenoxy) is 2. The van der Waals surface area contributed by atoms with Crippen LogP contribution in [-0.4, -0.2) is 16.7 Å². The molecule has 166 valence electrons. The lowest BCUT2D eigenvalue weighted by atomic mass is 9.99. The van der Waals surface area contributed by atoms with Crippen molar-refractivity contribution in [2.24, 2.45) is 0 Å². The molecule has 0 bridgehead atoms. The van der Waals surface area contributed by atoms with E-state index < -0.39 is 12.1 Å². The van der Waals surface area contributed by atoms with Crippen molar-refractivity contribution in [1.29, 1.82) is 0 Å². The van der Waals surface area contributed by atoms with Crippen molar-refractivity contribution in [2.75, 3.05) is 0 Å². The van der Waals surface area contributed by atoms with Gasteiger partial charge < -0.3 is 14.5 Å². The van der Waals surface area contributed by atoms with Crippen molar-refractivity contribution in [1.82, 2.24) is 4.98 Å². The van der Waals surface area contributed by atoms with Crippen LogP contribution in [0.3, 0.4) is 0 Å². The minimum atomic E-state index is -1.09. The Morgan fingerprint density at radius 2 is 1.38 bits per heavy atom. The molecular weight excluding hydrogens is 426 g/mol. The van der Waals surface area contributed by atoms with Crippen molar-refractivity contribution in [3.05, 3.63) is 132 Å². The third kappa shape index (κ3) is 4.45. The number of rotatable bonds is 7. The fraction of sp³-hybridized carbons (Fsp3) is 0.0345. The molecule has 0 fully saturated rings. The van der Waals surface area contributed by atoms with Gasteiger partial charge in [-0.2, -0.15) is 0 Å². The molecule has 1 aromatic heterocycles. The van der Waals surface area contributed by atoms with Crippen LogP contribution >= 0.6 is 0 Å². The van der Waals surface area contributed by atoms with Gasteiger partial charge in [0.2, 0.25) is 5.78 Å². The Bertz CT molecular complexity index is 1440. The van der Waals surface area contributed by atoms with Crippen LogP contribution in [0.25, 0.3) is 10.9 Å². The Hall–Kier alpha value is -4.64. The summed E-state index contributed by atoms with van der Waals surface area (Å²) in [5.74, 6) is 0.249. The van der Waals surface area contributed by atoms with Crippen LogP contribution in [0.2, 0.25) is 0 Å². The SMILES string of the molecule is O=C(OC(C(=O)c1c[nH]c2ccccc12)c1ccccc1)c1cccc(Oc2ccccc2)c1. The first-order valence-electron chi connectivity index (χ1n) is 10.9. The highest BCUT2D eigenvalue weighted by atomic mass is 16.5. The first kappa shape index (κ1) is 21.2. The number of fused-ring (bicyclic) bond motifs is 1. The van der Waals surface area contributed by atoms with Crippen LogP contribution in [-0.2, 0) is 4.74 Å². The van der Waals surface area contributed by atoms with Gasteiger partial charge in [0.05, 0.1) is 5.56 Å². The molecule has 1 N–H and O–H groups in total. The second-order valence-electron chi connectivity index (χ2n) is 7.75. The summed E-state index contributed by atoms with van der Waals surface area (Å²) in [5, 5.41) is 0.780. The minimum Gasteiger partial charge on any atom is -0.457 e. The molecule has 0 aliphatic rings. The molecule has 0 spiro atoms. The summed E-state index contributed by atoms with van der Waals surface area (Å²) in [7, 11) is 0. The average molecular weight is 447 g/mol. The van der Waals surface area contributed by atoms with Gasteiger partial charge in [-0.15, -0.1) is 0 Å². The van der Waals surface area contributed by atoms with E-state index in [2.05, 4.69) is 4.98 Å². The Labute approximate surface area is 196 Å². The second-order valence-corrected chi connectivity index (χ2v) is 7.75. The highest BCUT2D eigenvalue weighted by Crippen LogP contribution is 2.29. The molecular formula is C29H21NO4. The van der Waals surface area contributed by atoms with E-state index in [0.29, 0.717) is 28.2 Å². The van der Waals surface area contributed by atoms with E-state index in [0.717, 1.165) is 10.9 Å². The number of ketones is 1. The summed E-state index contributed by atoms with van der Waals surface area (Å²) in [4.78, 5) is 29.8. The smallest absolute Gasteiger partial charge is 0.339 e. The third-order valence-corrected chi connectivity index (χ3v) is 5.47. The lowest BCUT2D eigenvalue weighted by Gasteiger charge is -2.17. The predicted molar refractivity (Wildman–Crippen MR) is 130 cm³/mol. The second kappa shape index (κ2) is 9.46. The van der Waals surface area contributed by atoms with E-state index in [1.165, 1.54) is 0 Å². The number of aromatic amines is 1. The number of carbonyl (C=O) groups excluding carboxylic acids is 2. The van der Waals surface area contributed by atoms with E-state index >= 15 is 0 Å². The molecule has 0 saturated heterocycles. The summed E-state index contributed by atoms with van der Waals surface area (Å²) in [6.45, 7) is 0. The summed E-state index contributed by atoms with van der Waals surface area (Å²) >= 11 is 0. The van der Waals surface area contributed by atoms with Gasteiger partial charge in [-0.05, 0) is 36.4 Å². The van der Waals surface area contributed by atoms with Gasteiger partial charge in [-0.1, -0.05) is 72.8 Å². The van der Waals surface area contributed by atoms with E-state index in [9.17, 15) is 9.59 Å². The van der Waals surface area contributed by atoms with E-state index in [1.54, 1.807) is 42.6 Å². The Morgan fingerprint density at radius 3 is 2.18 bits per heavy atom. The molecule has 5 nitrogen and oxygen atoms in total. The van der Waals surface area contributed by atoms with Gasteiger partial charge in [0.15, 0.2) is 6.10 Å². The standard InChI is InChI=1S/C29H21NO4/c31-27(25-19-30-26-17-8-7-16-24(25)26)28(20-10-3-1-4-11-20)34-29(32)21-12-9-15-23(18-21)33-22-13-5-2-6-14-22/h1-19,28,30H. The van der Waals surface area contributed by atoms with Crippen LogP contribution < -0.4 is 4.74 Å². The third-order valence-electron chi connectivity index (χ3n) is 5.47. The number of hydrogen-bond acceptors (Lipinski definition) is 4. The van der Waals surface area contributed by atoms with E-state index in [1.807, 2.05) is 72.8 Å². The maximum atomic E-state index is 13.6. The number of benzene rings is 4. The van der Waals surface area contributed by atoms with Crippen LogP contribution in [0.5, 0.6) is 11.5 Å². The summed E-state index contributed by atoms with van der Waals surface area (Å²) in [6, 6.07) is 32.6. The van der Waals surface area contributed by atoms with Crippen molar-refractivity contribution in [3.63, 3.8) is 0 Å². The average Bonchev–Trinajstić information content (AvgIpc) is 3.32. The number of Topliss-reactive ketones (excluding diaryl/α,β-unsaturated/α-hetero) is 1. The molecule has 5 rings (SSSR count). The zero-order valence-electron chi connectivity index (χ0n) is 18.2. The molecule has 0 radical (unpaired) electrons. The number of esters is 1. The van der Waals surface area contributed by atoms with Gasteiger partial charge in [-0.3, -0.25) is 4.79 Å². The topological polar surface area (TPSA) is 68.4 Å². The highest BCUT2D eigenvalue weighted by Gasteiger charge is 2.28. The van der Waals surface area contributed by atoms with Crippen molar-refractivity contribution >= 4 is 22.7 Å². The van der Waals surface area contributed by atoms with Gasteiger partial charge in [-0.25, -0.2) is 4.79 Å². The Balaban J connectivity index is 1.44. The van der Waals surface area contributed by atoms with Crippen LogP contribution in [0.15, 0.2) is 115 Å². The zero-order chi connectivity index (χ0) is 23.3. The first-order chi connectivity index (χ1) is 16.7. The molecule has 4 aromatic carbocycles. The molecule has 5 aromatic rings. The Kier molecular flexibility index (Phi) is 5.91. The predicted octanol–water partition coefficient (Wildman–Crippen LogP) is 6.74. The number of hydrogen-bond donors (Lipinski definition) is 1. The number of para-hydroxylation sites is 2. The first-order valence-corrected chi connectivity index (χ1v) is 10.9. The monoisotopic (exact) mass is 447 g/mol. The van der Waals surface area contributed by atoms with E-state index in [-0.39, 0.29) is 5.78 Å². The fourth-order valence-electron chi connectivity index (χ4n) is 3.80. The number of aromatic nitrogens is 1. The highest BCUT2D eigenvalue weighted by molar-refractivity contribution is 6.11. The lowest BCUT2D eigenvalue weighted by Crippen LogP contribution is -2.20. The van der Waals surface area contributed by atoms with Gasteiger partial charge in [0, 0.05) is 28.2 Å². The van der Waals surface area contributed by atoms with Crippen molar-refractivity contribution in [3.8, 4) is 11.5 Å². The van der Waals surface area contributed by atoms with Crippen molar-refractivity contribution < 1.29 is 19.1 Å². The van der Waals surface area contributed by atoms with Gasteiger partial charge >= 0.3 is 5.97 Å². The molecule has 1 atom stereocenters. The molecule has 0 aliphatic carbocycles. The quantitative estimate of drug-likeness (QED) is 0.222. The zero-order valence-corrected chi connectivity index (χ0v) is 18.2. The number of H-pyrrole nitrogens is 1. The fourth-order valence-corrected chi connectivity index (χ4v) is 3.80. The lowest BCUT2D eigenvalue weighted by molar-refractivity contribution is 0.0280. The molecule has 0 aliphatic heterocycles. The molecule has 0 amide bonds. The molecule has 0 saturated carbocycles. The maximum Gasteiger partial charge on any atom is 0.339 e. The number of carbonyl (C=O) groups is 2. The van der Waals surface area contributed by atoms with Crippen LogP contribution in [0, 0.1) is 0 Å². The Morgan fingerprint density at radius 1 is 0.706 bits per heavy atom. The summed E-state index contributed by atoms with van der Waals surface area (Å²) < 4.78 is 11.6. The summed E-state index contributed by atoms with van der Waals surface area (Å²) in [5.41, 5.74) is 2.21. The molecule has 34 heavy (non-hydrogen) atoms. The minimum absolute atomic E-state index is 0.293. The number of nitrogens with one attached hydrogen (secondary N) is 1. The largest absolute Gasteiger partial charge is 0.457 e. The molecule has 1 unspecified atom stereocenters. The summed E-state index contributed by atoms with van der Waals surface area (Å²) in [6.07, 6.45) is 0.567. The molecule has 5 heteroatoms. The maximum absolute atomic E-state index is 13.6. The molecule has 1 heterocycles.